The summed E-state index contributed by atoms with van der Waals surface area (Å²) in [7, 11) is 0. The largest absolute Gasteiger partial charge is 0.309 e. The topological polar surface area (TPSA) is 9.86 Å². The van der Waals surface area contributed by atoms with Gasteiger partial charge >= 0.3 is 0 Å². The first kappa shape index (κ1) is 27.2. The summed E-state index contributed by atoms with van der Waals surface area (Å²) in [6.45, 7) is 3.93. The molecule has 9 aromatic rings. The second-order valence-corrected chi connectivity index (χ2v) is 12.2. The zero-order chi connectivity index (χ0) is 31.3. The third-order valence-electron chi connectivity index (χ3n) is 9.44. The lowest BCUT2D eigenvalue weighted by Gasteiger charge is -2.13. The zero-order valence-corrected chi connectivity index (χ0v) is 26.0. The van der Waals surface area contributed by atoms with Crippen LogP contribution in [0.4, 0.5) is 0 Å². The zero-order valence-electron chi connectivity index (χ0n) is 26.0. The summed E-state index contributed by atoms with van der Waals surface area (Å²) in [4.78, 5) is 0. The van der Waals surface area contributed by atoms with E-state index in [1.807, 2.05) is 6.08 Å². The van der Waals surface area contributed by atoms with Gasteiger partial charge in [-0.15, -0.1) is 6.58 Å². The lowest BCUT2D eigenvalue weighted by molar-refractivity contribution is 1.13. The van der Waals surface area contributed by atoms with Gasteiger partial charge in [0.2, 0.25) is 0 Å². The molecule has 2 nitrogen and oxygen atoms in total. The van der Waals surface area contributed by atoms with Crippen LogP contribution in [0.2, 0.25) is 0 Å². The fourth-order valence-electron chi connectivity index (χ4n) is 7.31. The molecule has 0 radical (unpaired) electrons. The first-order chi connectivity index (χ1) is 23.3. The highest BCUT2D eigenvalue weighted by Gasteiger charge is 2.16. The van der Waals surface area contributed by atoms with E-state index in [9.17, 15) is 0 Å². The molecule has 0 saturated heterocycles. The average molecular weight is 601 g/mol. The Bertz CT molecular complexity index is 2620. The average Bonchev–Trinajstić information content (AvgIpc) is 3.64. The maximum atomic E-state index is 3.93. The minimum Gasteiger partial charge on any atom is -0.309 e. The van der Waals surface area contributed by atoms with Crippen LogP contribution in [0.25, 0.3) is 77.2 Å². The van der Waals surface area contributed by atoms with Crippen molar-refractivity contribution in [2.75, 3.05) is 0 Å². The predicted octanol–water partition coefficient (Wildman–Crippen LogP) is 11.9. The Kier molecular flexibility index (Phi) is 6.39. The van der Waals surface area contributed by atoms with Gasteiger partial charge in [0.1, 0.15) is 0 Å². The Morgan fingerprint density at radius 2 is 0.872 bits per heavy atom. The molecule has 2 aromatic heterocycles. The van der Waals surface area contributed by atoms with E-state index >= 15 is 0 Å². The maximum Gasteiger partial charge on any atom is 0.0541 e. The molecule has 0 aliphatic rings. The Labute approximate surface area is 274 Å². The van der Waals surface area contributed by atoms with Crippen molar-refractivity contribution >= 4 is 43.6 Å². The molecular weight excluding hydrogens is 569 g/mol. The van der Waals surface area contributed by atoms with E-state index in [0.717, 1.165) is 17.8 Å². The van der Waals surface area contributed by atoms with Crippen molar-refractivity contribution in [1.29, 1.82) is 0 Å². The van der Waals surface area contributed by atoms with E-state index < -0.39 is 0 Å². The number of para-hydroxylation sites is 2. The van der Waals surface area contributed by atoms with Gasteiger partial charge in [0.25, 0.3) is 0 Å². The van der Waals surface area contributed by atoms with Crippen LogP contribution in [0.3, 0.4) is 0 Å². The number of benzene rings is 7. The Balaban J connectivity index is 1.22. The van der Waals surface area contributed by atoms with E-state index in [1.165, 1.54) is 71.4 Å². The van der Waals surface area contributed by atoms with E-state index in [2.05, 4.69) is 180 Å². The minimum atomic E-state index is 0.867. The number of hydrogen-bond donors (Lipinski definition) is 0. The lowest BCUT2D eigenvalue weighted by atomic mass is 10.00. The Morgan fingerprint density at radius 1 is 0.383 bits per heavy atom. The molecule has 2 heteroatoms. The number of rotatable bonds is 6. The third-order valence-corrected chi connectivity index (χ3v) is 9.44. The van der Waals surface area contributed by atoms with Crippen LogP contribution in [0, 0.1) is 0 Å². The van der Waals surface area contributed by atoms with Crippen molar-refractivity contribution in [2.45, 2.75) is 6.42 Å². The van der Waals surface area contributed by atoms with Gasteiger partial charge in [0, 0.05) is 32.9 Å². The van der Waals surface area contributed by atoms with Crippen LogP contribution in [0.5, 0.6) is 0 Å². The monoisotopic (exact) mass is 600 g/mol. The molecule has 0 amide bonds. The smallest absolute Gasteiger partial charge is 0.0541 e. The summed E-state index contributed by atoms with van der Waals surface area (Å²) in [5, 5.41) is 5.02. The molecule has 0 aliphatic heterocycles. The van der Waals surface area contributed by atoms with Crippen LogP contribution < -0.4 is 0 Å². The van der Waals surface area contributed by atoms with Crippen LogP contribution in [-0.4, -0.2) is 9.13 Å². The molecule has 9 rings (SSSR count). The van der Waals surface area contributed by atoms with Crippen LogP contribution >= 0.6 is 0 Å². The molecule has 0 spiro atoms. The fraction of sp³-hybridized carbons (Fsp3) is 0.0222. The van der Waals surface area contributed by atoms with Gasteiger partial charge in [-0.3, -0.25) is 0 Å². The molecule has 0 unspecified atom stereocenters. The summed E-state index contributed by atoms with van der Waals surface area (Å²) in [5.74, 6) is 0. The van der Waals surface area contributed by atoms with Crippen LogP contribution in [0.15, 0.2) is 176 Å². The summed E-state index contributed by atoms with van der Waals surface area (Å²) in [5.41, 5.74) is 13.3. The van der Waals surface area contributed by atoms with Crippen molar-refractivity contribution in [3.05, 3.63) is 182 Å². The molecule has 0 N–H and O–H groups in total. The first-order valence-electron chi connectivity index (χ1n) is 16.2. The summed E-state index contributed by atoms with van der Waals surface area (Å²) < 4.78 is 4.82. The van der Waals surface area contributed by atoms with E-state index in [4.69, 9.17) is 0 Å². The number of fused-ring (bicyclic) bond motifs is 6. The number of nitrogens with zero attached hydrogens (tertiary/aromatic N) is 2. The van der Waals surface area contributed by atoms with Gasteiger partial charge in [-0.2, -0.15) is 0 Å². The van der Waals surface area contributed by atoms with Crippen molar-refractivity contribution < 1.29 is 0 Å². The first-order valence-corrected chi connectivity index (χ1v) is 16.2. The molecule has 0 aliphatic carbocycles. The Morgan fingerprint density at radius 3 is 1.49 bits per heavy atom. The van der Waals surface area contributed by atoms with E-state index in [-0.39, 0.29) is 0 Å². The fourth-order valence-corrected chi connectivity index (χ4v) is 7.31. The molecule has 0 bridgehead atoms. The number of aromatic nitrogens is 2. The number of allylic oxidation sites excluding steroid dienone is 1. The summed E-state index contributed by atoms with van der Waals surface area (Å²) >= 11 is 0. The minimum absolute atomic E-state index is 0.867. The van der Waals surface area contributed by atoms with Crippen molar-refractivity contribution in [2.24, 2.45) is 0 Å². The standard InChI is InChI=1S/C45H32N2/c1-2-12-31-13-10-16-33(27-31)35-24-26-45-41(29-35)39-20-7-9-22-43(39)47(45)37-18-11-17-36(30-37)46-42-21-8-6-19-38(42)40-28-34(23-25-44(40)46)32-14-4-3-5-15-32/h2-11,13-30H,1,12H2. The highest BCUT2D eigenvalue weighted by atomic mass is 15.0. The highest BCUT2D eigenvalue weighted by Crippen LogP contribution is 2.38. The quantitative estimate of drug-likeness (QED) is 0.168. The SMILES string of the molecule is C=CCc1cccc(-c2ccc3c(c2)c2ccccc2n3-c2cccc(-n3c4ccccc4c4cc(-c5ccccc5)ccc43)c2)c1. The summed E-state index contributed by atoms with van der Waals surface area (Å²) in [6.07, 6.45) is 2.83. The molecule has 0 atom stereocenters. The van der Waals surface area contributed by atoms with Crippen molar-refractivity contribution in [3.63, 3.8) is 0 Å². The van der Waals surface area contributed by atoms with Gasteiger partial charge in [0.05, 0.1) is 22.1 Å². The lowest BCUT2D eigenvalue weighted by Crippen LogP contribution is -1.98. The molecule has 0 fully saturated rings. The van der Waals surface area contributed by atoms with Gasteiger partial charge in [-0.1, -0.05) is 115 Å². The molecule has 7 aromatic carbocycles. The van der Waals surface area contributed by atoms with Crippen LogP contribution in [-0.2, 0) is 6.42 Å². The maximum absolute atomic E-state index is 3.93. The molecule has 47 heavy (non-hydrogen) atoms. The van der Waals surface area contributed by atoms with Gasteiger partial charge in [-0.25, -0.2) is 0 Å². The highest BCUT2D eigenvalue weighted by molar-refractivity contribution is 6.12. The van der Waals surface area contributed by atoms with Gasteiger partial charge < -0.3 is 9.13 Å². The molecule has 222 valence electrons. The molecular formula is C45H32N2. The molecule has 2 heterocycles. The van der Waals surface area contributed by atoms with Crippen LogP contribution in [0.1, 0.15) is 5.56 Å². The van der Waals surface area contributed by atoms with E-state index in [0.29, 0.717) is 0 Å². The van der Waals surface area contributed by atoms with Gasteiger partial charge in [-0.05, 0) is 88.8 Å². The predicted molar refractivity (Wildman–Crippen MR) is 200 cm³/mol. The van der Waals surface area contributed by atoms with E-state index in [1.54, 1.807) is 0 Å². The Hall–Kier alpha value is -6.12. The molecule has 0 saturated carbocycles. The summed E-state index contributed by atoms with van der Waals surface area (Å²) in [6, 6.07) is 59.6. The second-order valence-electron chi connectivity index (χ2n) is 12.2. The second kappa shape index (κ2) is 11.0. The number of hydrogen-bond acceptors (Lipinski definition) is 0. The van der Waals surface area contributed by atoms with Gasteiger partial charge in [0.15, 0.2) is 0 Å². The normalized spacial score (nSPS) is 11.6. The van der Waals surface area contributed by atoms with Crippen molar-refractivity contribution in [3.8, 4) is 33.6 Å². The van der Waals surface area contributed by atoms with Crippen molar-refractivity contribution in [1.82, 2.24) is 9.13 Å². The third kappa shape index (κ3) is 4.49.